The van der Waals surface area contributed by atoms with Crippen LogP contribution in [0.5, 0.6) is 11.5 Å². The summed E-state index contributed by atoms with van der Waals surface area (Å²) in [6.07, 6.45) is 0.468. The van der Waals surface area contributed by atoms with Crippen molar-refractivity contribution in [2.75, 3.05) is 7.11 Å². The molecule has 5 heteroatoms. The Balaban J connectivity index is 1.78. The summed E-state index contributed by atoms with van der Waals surface area (Å²) in [5, 5.41) is 4.05. The van der Waals surface area contributed by atoms with Crippen LogP contribution in [0.1, 0.15) is 25.3 Å². The Morgan fingerprint density at radius 3 is 2.39 bits per heavy atom. The summed E-state index contributed by atoms with van der Waals surface area (Å²) in [6, 6.07) is 17.1. The van der Waals surface area contributed by atoms with Gasteiger partial charge in [0.2, 0.25) is 5.82 Å². The molecule has 3 rings (SSSR count). The van der Waals surface area contributed by atoms with Crippen LogP contribution in [0.15, 0.2) is 59.1 Å². The van der Waals surface area contributed by atoms with E-state index in [2.05, 4.69) is 10.1 Å². The molecule has 0 saturated carbocycles. The normalized spacial score (nSPS) is 11.9. The van der Waals surface area contributed by atoms with Crippen LogP contribution in [-0.4, -0.2) is 17.3 Å². The van der Waals surface area contributed by atoms with Crippen molar-refractivity contribution >= 4 is 0 Å². The zero-order chi connectivity index (χ0) is 16.1. The number of methoxy groups -OCH3 is 1. The van der Waals surface area contributed by atoms with Gasteiger partial charge in [0.1, 0.15) is 11.5 Å². The van der Waals surface area contributed by atoms with Crippen LogP contribution in [0.25, 0.3) is 11.4 Å². The SMILES string of the molecule is CCC(Oc1ccccc1)c1nc(-c2ccc(OC)cc2)no1. The van der Waals surface area contributed by atoms with Crippen LogP contribution in [0.3, 0.4) is 0 Å². The lowest BCUT2D eigenvalue weighted by Gasteiger charge is -2.13. The number of benzene rings is 2. The number of aromatic nitrogens is 2. The highest BCUT2D eigenvalue weighted by molar-refractivity contribution is 5.55. The maximum absolute atomic E-state index is 5.92. The van der Waals surface area contributed by atoms with Gasteiger partial charge in [-0.05, 0) is 42.8 Å². The molecule has 0 saturated heterocycles. The second kappa shape index (κ2) is 6.96. The minimum atomic E-state index is -0.267. The molecule has 0 aliphatic heterocycles. The highest BCUT2D eigenvalue weighted by atomic mass is 16.5. The molecule has 1 unspecified atom stereocenters. The van der Waals surface area contributed by atoms with Crippen LogP contribution < -0.4 is 9.47 Å². The third-order valence-electron chi connectivity index (χ3n) is 3.46. The lowest BCUT2D eigenvalue weighted by molar-refractivity contribution is 0.154. The molecule has 1 atom stereocenters. The molecule has 3 aromatic rings. The molecule has 0 fully saturated rings. The number of hydrogen-bond acceptors (Lipinski definition) is 5. The van der Waals surface area contributed by atoms with Gasteiger partial charge in [0.05, 0.1) is 7.11 Å². The van der Waals surface area contributed by atoms with Crippen molar-refractivity contribution < 1.29 is 14.0 Å². The summed E-state index contributed by atoms with van der Waals surface area (Å²) in [5.74, 6) is 2.58. The molecular formula is C18H18N2O3. The zero-order valence-electron chi connectivity index (χ0n) is 13.1. The molecule has 1 aromatic heterocycles. The molecule has 2 aromatic carbocycles. The van der Waals surface area contributed by atoms with Gasteiger partial charge in [-0.3, -0.25) is 0 Å². The van der Waals surface area contributed by atoms with Gasteiger partial charge in [-0.2, -0.15) is 4.98 Å². The highest BCUT2D eigenvalue weighted by Crippen LogP contribution is 2.26. The number of ether oxygens (including phenoxy) is 2. The van der Waals surface area contributed by atoms with Crippen molar-refractivity contribution in [1.82, 2.24) is 10.1 Å². The van der Waals surface area contributed by atoms with E-state index in [0.29, 0.717) is 11.7 Å². The predicted octanol–water partition coefficient (Wildman–Crippen LogP) is 4.28. The molecule has 1 heterocycles. The average Bonchev–Trinajstić information content (AvgIpc) is 3.10. The summed E-state index contributed by atoms with van der Waals surface area (Å²) < 4.78 is 16.5. The molecule has 0 radical (unpaired) electrons. The van der Waals surface area contributed by atoms with E-state index >= 15 is 0 Å². The number of hydrogen-bond donors (Lipinski definition) is 0. The Hall–Kier alpha value is -2.82. The number of nitrogens with zero attached hydrogens (tertiary/aromatic N) is 2. The van der Waals surface area contributed by atoms with Crippen LogP contribution in [0.4, 0.5) is 0 Å². The van der Waals surface area contributed by atoms with Gasteiger partial charge in [-0.15, -0.1) is 0 Å². The Kier molecular flexibility index (Phi) is 4.57. The van der Waals surface area contributed by atoms with Crippen molar-refractivity contribution in [3.63, 3.8) is 0 Å². The van der Waals surface area contributed by atoms with E-state index in [9.17, 15) is 0 Å². The topological polar surface area (TPSA) is 57.4 Å². The average molecular weight is 310 g/mol. The molecule has 0 spiro atoms. The second-order valence-electron chi connectivity index (χ2n) is 5.01. The first-order valence-corrected chi connectivity index (χ1v) is 7.50. The zero-order valence-corrected chi connectivity index (χ0v) is 13.1. The first-order valence-electron chi connectivity index (χ1n) is 7.50. The van der Waals surface area contributed by atoms with E-state index in [1.165, 1.54) is 0 Å². The molecule has 5 nitrogen and oxygen atoms in total. The van der Waals surface area contributed by atoms with Gasteiger partial charge < -0.3 is 14.0 Å². The van der Waals surface area contributed by atoms with E-state index in [-0.39, 0.29) is 6.10 Å². The lowest BCUT2D eigenvalue weighted by Crippen LogP contribution is -2.06. The third kappa shape index (κ3) is 3.51. The third-order valence-corrected chi connectivity index (χ3v) is 3.46. The first-order chi connectivity index (χ1) is 11.3. The number of para-hydroxylation sites is 1. The standard InChI is InChI=1S/C18H18N2O3/c1-3-16(22-15-7-5-4-6-8-15)18-19-17(20-23-18)13-9-11-14(21-2)12-10-13/h4-12,16H,3H2,1-2H3. The Morgan fingerprint density at radius 2 is 1.74 bits per heavy atom. The van der Waals surface area contributed by atoms with E-state index < -0.39 is 0 Å². The summed E-state index contributed by atoms with van der Waals surface area (Å²) >= 11 is 0. The second-order valence-corrected chi connectivity index (χ2v) is 5.01. The molecule has 0 N–H and O–H groups in total. The van der Waals surface area contributed by atoms with Crippen molar-refractivity contribution in [2.45, 2.75) is 19.4 Å². The van der Waals surface area contributed by atoms with Crippen LogP contribution >= 0.6 is 0 Å². The van der Waals surface area contributed by atoms with Crippen molar-refractivity contribution in [2.24, 2.45) is 0 Å². The Bertz CT molecular complexity index is 738. The minimum absolute atomic E-state index is 0.267. The van der Waals surface area contributed by atoms with Gasteiger partial charge in [-0.1, -0.05) is 30.3 Å². The molecular weight excluding hydrogens is 292 g/mol. The molecule has 0 aliphatic carbocycles. The molecule has 118 valence electrons. The van der Waals surface area contributed by atoms with Crippen LogP contribution in [0, 0.1) is 0 Å². The number of rotatable bonds is 6. The molecule has 0 aliphatic rings. The Labute approximate surface area is 134 Å². The van der Waals surface area contributed by atoms with E-state index in [1.807, 2.05) is 61.5 Å². The predicted molar refractivity (Wildman–Crippen MR) is 86.4 cm³/mol. The fraction of sp³-hybridized carbons (Fsp3) is 0.222. The fourth-order valence-corrected chi connectivity index (χ4v) is 2.20. The smallest absolute Gasteiger partial charge is 0.268 e. The van der Waals surface area contributed by atoms with Crippen molar-refractivity contribution in [3.05, 3.63) is 60.5 Å². The summed E-state index contributed by atoms with van der Waals surface area (Å²) in [4.78, 5) is 4.46. The van der Waals surface area contributed by atoms with E-state index in [4.69, 9.17) is 14.0 Å². The van der Waals surface area contributed by atoms with Crippen LogP contribution in [0.2, 0.25) is 0 Å². The molecule has 23 heavy (non-hydrogen) atoms. The van der Waals surface area contributed by atoms with Crippen LogP contribution in [-0.2, 0) is 0 Å². The molecule has 0 amide bonds. The van der Waals surface area contributed by atoms with Gasteiger partial charge >= 0.3 is 0 Å². The first kappa shape index (κ1) is 15.1. The monoisotopic (exact) mass is 310 g/mol. The Morgan fingerprint density at radius 1 is 1.00 bits per heavy atom. The van der Waals surface area contributed by atoms with Gasteiger partial charge in [0.25, 0.3) is 5.89 Å². The van der Waals surface area contributed by atoms with Gasteiger partial charge in [-0.25, -0.2) is 0 Å². The summed E-state index contributed by atoms with van der Waals surface area (Å²) in [5.41, 5.74) is 0.871. The van der Waals surface area contributed by atoms with Crippen molar-refractivity contribution in [1.29, 1.82) is 0 Å². The largest absolute Gasteiger partial charge is 0.497 e. The summed E-state index contributed by atoms with van der Waals surface area (Å²) in [6.45, 7) is 2.02. The minimum Gasteiger partial charge on any atom is -0.497 e. The van der Waals surface area contributed by atoms with Crippen molar-refractivity contribution in [3.8, 4) is 22.9 Å². The highest BCUT2D eigenvalue weighted by Gasteiger charge is 2.19. The summed E-state index contributed by atoms with van der Waals surface area (Å²) in [7, 11) is 1.63. The van der Waals surface area contributed by atoms with E-state index in [1.54, 1.807) is 7.11 Å². The van der Waals surface area contributed by atoms with Gasteiger partial charge in [0, 0.05) is 5.56 Å². The maximum atomic E-state index is 5.92. The lowest BCUT2D eigenvalue weighted by atomic mass is 10.2. The maximum Gasteiger partial charge on any atom is 0.268 e. The van der Waals surface area contributed by atoms with Gasteiger partial charge in [0.15, 0.2) is 6.10 Å². The molecule has 0 bridgehead atoms. The van der Waals surface area contributed by atoms with E-state index in [0.717, 1.165) is 23.5 Å². The fourth-order valence-electron chi connectivity index (χ4n) is 2.20. The quantitative estimate of drug-likeness (QED) is 0.680.